The summed E-state index contributed by atoms with van der Waals surface area (Å²) in [7, 11) is 0. The van der Waals surface area contributed by atoms with Gasteiger partial charge in [-0.05, 0) is 45.0 Å². The number of hydrogen-bond donors (Lipinski definition) is 0. The van der Waals surface area contributed by atoms with Crippen molar-refractivity contribution in [2.45, 2.75) is 19.8 Å². The van der Waals surface area contributed by atoms with Gasteiger partial charge in [0.2, 0.25) is 0 Å². The van der Waals surface area contributed by atoms with E-state index in [-0.39, 0.29) is 0 Å². The summed E-state index contributed by atoms with van der Waals surface area (Å²) in [6, 6.07) is 36.9. The zero-order valence-electron chi connectivity index (χ0n) is 18.3. The van der Waals surface area contributed by atoms with Crippen LogP contribution in [-0.2, 0) is 0 Å². The molecule has 0 bridgehead atoms. The van der Waals surface area contributed by atoms with Crippen molar-refractivity contribution in [2.24, 2.45) is 0 Å². The lowest BCUT2D eigenvalue weighted by Gasteiger charge is -2.14. The smallest absolute Gasteiger partial charge is 0.143 e. The van der Waals surface area contributed by atoms with E-state index in [9.17, 15) is 0 Å². The maximum Gasteiger partial charge on any atom is 0.143 e. The van der Waals surface area contributed by atoms with E-state index < -0.39 is 0 Å². The normalized spacial score (nSPS) is 11.7. The van der Waals surface area contributed by atoms with Gasteiger partial charge in [-0.2, -0.15) is 0 Å². The third-order valence-electron chi connectivity index (χ3n) is 6.49. The highest BCUT2D eigenvalue weighted by molar-refractivity contribution is 6.14. The maximum atomic E-state index is 6.37. The first-order valence-corrected chi connectivity index (χ1v) is 11.2. The highest BCUT2D eigenvalue weighted by atomic mass is 16.3. The molecule has 0 amide bonds. The molecule has 1 heterocycles. The third kappa shape index (κ3) is 2.93. The Balaban J connectivity index is 1.65. The van der Waals surface area contributed by atoms with E-state index in [1.807, 2.05) is 12.1 Å². The molecule has 1 aromatic heterocycles. The largest absolute Gasteiger partial charge is 0.455 e. The summed E-state index contributed by atoms with van der Waals surface area (Å²) in [5, 5.41) is 4.82. The molecule has 0 radical (unpaired) electrons. The highest BCUT2D eigenvalue weighted by Gasteiger charge is 2.16. The molecule has 0 aliphatic heterocycles. The molecule has 0 atom stereocenters. The van der Waals surface area contributed by atoms with Crippen LogP contribution in [0.4, 0.5) is 0 Å². The van der Waals surface area contributed by atoms with E-state index in [4.69, 9.17) is 4.42 Å². The Morgan fingerprint density at radius 1 is 0.562 bits per heavy atom. The van der Waals surface area contributed by atoms with Crippen molar-refractivity contribution in [1.29, 1.82) is 0 Å². The lowest BCUT2D eigenvalue weighted by atomic mass is 9.90. The number of fused-ring (bicyclic) bond motifs is 4. The van der Waals surface area contributed by atoms with Gasteiger partial charge in [0.15, 0.2) is 0 Å². The van der Waals surface area contributed by atoms with Crippen LogP contribution in [0.2, 0.25) is 0 Å². The van der Waals surface area contributed by atoms with Crippen LogP contribution in [-0.4, -0.2) is 0 Å². The molecule has 0 unspecified atom stereocenters. The van der Waals surface area contributed by atoms with Crippen LogP contribution in [0.5, 0.6) is 0 Å². The molecule has 1 heteroatoms. The first-order chi connectivity index (χ1) is 15.7. The lowest BCUT2D eigenvalue weighted by molar-refractivity contribution is 0.670. The minimum atomic E-state index is 0.526. The molecule has 154 valence electrons. The van der Waals surface area contributed by atoms with E-state index in [0.29, 0.717) is 5.92 Å². The van der Waals surface area contributed by atoms with E-state index in [2.05, 4.69) is 105 Å². The third-order valence-corrected chi connectivity index (χ3v) is 6.49. The van der Waals surface area contributed by atoms with Crippen molar-refractivity contribution < 1.29 is 4.42 Å². The SMILES string of the molecule is CC(C)c1ccc(-c2cccc3cccc(-c4cccc5c4oc4ccccc45)c23)cc1. The van der Waals surface area contributed by atoms with Gasteiger partial charge in [0.05, 0.1) is 0 Å². The number of hydrogen-bond acceptors (Lipinski definition) is 1. The second-order valence-corrected chi connectivity index (χ2v) is 8.77. The number of furan rings is 1. The predicted molar refractivity (Wildman–Crippen MR) is 136 cm³/mol. The van der Waals surface area contributed by atoms with Crippen LogP contribution in [0.25, 0.3) is 55.0 Å². The molecule has 0 fully saturated rings. The molecule has 5 aromatic carbocycles. The average Bonchev–Trinajstić information content (AvgIpc) is 3.22. The van der Waals surface area contributed by atoms with Crippen LogP contribution in [0.3, 0.4) is 0 Å². The van der Waals surface area contributed by atoms with Crippen LogP contribution < -0.4 is 0 Å². The lowest BCUT2D eigenvalue weighted by Crippen LogP contribution is -1.89. The van der Waals surface area contributed by atoms with Crippen molar-refractivity contribution in [3.8, 4) is 22.3 Å². The Morgan fingerprint density at radius 3 is 2.00 bits per heavy atom. The standard InChI is InChI=1S/C31H24O/c1-20(2)21-16-18-22(19-17-21)24-11-5-8-23-9-6-12-26(30(23)24)28-14-7-13-27-25-10-3-4-15-29(25)32-31(27)28/h3-20H,1-2H3. The van der Waals surface area contributed by atoms with Crippen molar-refractivity contribution in [2.75, 3.05) is 0 Å². The fourth-order valence-electron chi connectivity index (χ4n) is 4.81. The van der Waals surface area contributed by atoms with Gasteiger partial charge in [-0.1, -0.05) is 111 Å². The van der Waals surface area contributed by atoms with Crippen molar-refractivity contribution in [3.05, 3.63) is 109 Å². The summed E-state index contributed by atoms with van der Waals surface area (Å²) in [4.78, 5) is 0. The Labute approximate surface area is 187 Å². The van der Waals surface area contributed by atoms with Gasteiger partial charge in [-0.3, -0.25) is 0 Å². The van der Waals surface area contributed by atoms with E-state index in [1.54, 1.807) is 0 Å². The van der Waals surface area contributed by atoms with Crippen LogP contribution in [0.1, 0.15) is 25.3 Å². The molecule has 6 aromatic rings. The molecular formula is C31H24O. The van der Waals surface area contributed by atoms with Gasteiger partial charge >= 0.3 is 0 Å². The molecule has 0 N–H and O–H groups in total. The minimum absolute atomic E-state index is 0.526. The molecule has 0 aliphatic carbocycles. The Bertz CT molecular complexity index is 1580. The molecule has 6 rings (SSSR count). The maximum absolute atomic E-state index is 6.37. The second-order valence-electron chi connectivity index (χ2n) is 8.77. The molecule has 1 nitrogen and oxygen atoms in total. The zero-order chi connectivity index (χ0) is 21.7. The van der Waals surface area contributed by atoms with Crippen LogP contribution >= 0.6 is 0 Å². The Hall–Kier alpha value is -3.84. The zero-order valence-corrected chi connectivity index (χ0v) is 18.3. The quantitative estimate of drug-likeness (QED) is 0.282. The van der Waals surface area contributed by atoms with Gasteiger partial charge in [-0.25, -0.2) is 0 Å². The van der Waals surface area contributed by atoms with Gasteiger partial charge in [0.25, 0.3) is 0 Å². The van der Waals surface area contributed by atoms with Crippen LogP contribution in [0, 0.1) is 0 Å². The molecule has 0 saturated carbocycles. The van der Waals surface area contributed by atoms with E-state index in [0.717, 1.165) is 27.5 Å². The monoisotopic (exact) mass is 412 g/mol. The van der Waals surface area contributed by atoms with Crippen molar-refractivity contribution in [3.63, 3.8) is 0 Å². The summed E-state index contributed by atoms with van der Waals surface area (Å²) < 4.78 is 6.37. The Morgan fingerprint density at radius 2 is 1.22 bits per heavy atom. The molecule has 32 heavy (non-hydrogen) atoms. The molecular weight excluding hydrogens is 388 g/mol. The van der Waals surface area contributed by atoms with Crippen molar-refractivity contribution >= 4 is 32.7 Å². The van der Waals surface area contributed by atoms with Crippen molar-refractivity contribution in [1.82, 2.24) is 0 Å². The topological polar surface area (TPSA) is 13.1 Å². The van der Waals surface area contributed by atoms with E-state index >= 15 is 0 Å². The fourth-order valence-corrected chi connectivity index (χ4v) is 4.81. The van der Waals surface area contributed by atoms with E-state index in [1.165, 1.54) is 33.0 Å². The summed E-state index contributed by atoms with van der Waals surface area (Å²) in [5.41, 5.74) is 8.07. The number of benzene rings is 5. The summed E-state index contributed by atoms with van der Waals surface area (Å²) >= 11 is 0. The second kappa shape index (κ2) is 7.39. The first-order valence-electron chi connectivity index (χ1n) is 11.2. The summed E-state index contributed by atoms with van der Waals surface area (Å²) in [5.74, 6) is 0.526. The highest BCUT2D eigenvalue weighted by Crippen LogP contribution is 2.41. The fraction of sp³-hybridized carbons (Fsp3) is 0.0968. The van der Waals surface area contributed by atoms with Gasteiger partial charge < -0.3 is 4.42 Å². The van der Waals surface area contributed by atoms with Gasteiger partial charge in [-0.15, -0.1) is 0 Å². The summed E-state index contributed by atoms with van der Waals surface area (Å²) in [6.07, 6.45) is 0. The first kappa shape index (κ1) is 18.9. The number of para-hydroxylation sites is 2. The van der Waals surface area contributed by atoms with Gasteiger partial charge in [0, 0.05) is 16.3 Å². The average molecular weight is 413 g/mol. The molecule has 0 spiro atoms. The van der Waals surface area contributed by atoms with Gasteiger partial charge in [0.1, 0.15) is 11.2 Å². The molecule has 0 aliphatic rings. The predicted octanol–water partition coefficient (Wildman–Crippen LogP) is 9.20. The Kier molecular flexibility index (Phi) is 4.36. The summed E-state index contributed by atoms with van der Waals surface area (Å²) in [6.45, 7) is 4.47. The van der Waals surface area contributed by atoms with Crippen LogP contribution in [0.15, 0.2) is 108 Å². The minimum Gasteiger partial charge on any atom is -0.455 e. The molecule has 0 saturated heterocycles. The number of rotatable bonds is 3.